The van der Waals surface area contributed by atoms with Crippen molar-refractivity contribution in [3.05, 3.63) is 59.4 Å². The average molecular weight is 292 g/mol. The van der Waals surface area contributed by atoms with Crippen molar-refractivity contribution in [3.8, 4) is 17.2 Å². The predicted molar refractivity (Wildman–Crippen MR) is 87.9 cm³/mol. The molecule has 2 aromatic carbocycles. The van der Waals surface area contributed by atoms with E-state index >= 15 is 0 Å². The minimum absolute atomic E-state index is 0.0927. The van der Waals surface area contributed by atoms with E-state index in [-0.39, 0.29) is 11.4 Å². The number of nitriles is 1. The van der Waals surface area contributed by atoms with E-state index in [0.29, 0.717) is 11.1 Å². The number of benzene rings is 2. The van der Waals surface area contributed by atoms with Crippen molar-refractivity contribution in [1.82, 2.24) is 0 Å². The van der Waals surface area contributed by atoms with E-state index < -0.39 is 0 Å². The zero-order valence-corrected chi connectivity index (χ0v) is 12.9. The molecule has 0 bridgehead atoms. The van der Waals surface area contributed by atoms with E-state index in [4.69, 9.17) is 5.26 Å². The fourth-order valence-corrected chi connectivity index (χ4v) is 2.97. The third-order valence-corrected chi connectivity index (χ3v) is 3.89. The van der Waals surface area contributed by atoms with Gasteiger partial charge in [0, 0.05) is 16.8 Å². The first-order valence-electron chi connectivity index (χ1n) is 7.22. The Morgan fingerprint density at radius 2 is 1.86 bits per heavy atom. The lowest BCUT2D eigenvalue weighted by Gasteiger charge is -2.31. The first kappa shape index (κ1) is 14.3. The van der Waals surface area contributed by atoms with Gasteiger partial charge in [0.25, 0.3) is 0 Å². The molecule has 0 spiro atoms. The number of fused-ring (bicyclic) bond motifs is 1. The van der Waals surface area contributed by atoms with Gasteiger partial charge in [0.2, 0.25) is 0 Å². The van der Waals surface area contributed by atoms with Crippen LogP contribution in [0.2, 0.25) is 0 Å². The zero-order valence-electron chi connectivity index (χ0n) is 12.9. The van der Waals surface area contributed by atoms with Gasteiger partial charge in [-0.2, -0.15) is 5.26 Å². The lowest BCUT2D eigenvalue weighted by Crippen LogP contribution is -2.31. The zero-order chi connectivity index (χ0) is 15.9. The summed E-state index contributed by atoms with van der Waals surface area (Å²) in [5.41, 5.74) is 4.88. The summed E-state index contributed by atoms with van der Waals surface area (Å²) in [7, 11) is 0. The van der Waals surface area contributed by atoms with Gasteiger partial charge in [-0.1, -0.05) is 12.1 Å². The van der Waals surface area contributed by atoms with Crippen LogP contribution < -0.4 is 5.32 Å². The van der Waals surface area contributed by atoms with E-state index in [2.05, 4.69) is 38.2 Å². The van der Waals surface area contributed by atoms with Gasteiger partial charge >= 0.3 is 0 Å². The fourth-order valence-electron chi connectivity index (χ4n) is 2.97. The number of nitrogens with zero attached hydrogens (tertiary/aromatic N) is 1. The molecule has 110 valence electrons. The molecule has 0 atom stereocenters. The summed E-state index contributed by atoms with van der Waals surface area (Å²) in [6.07, 6.45) is 2.17. The highest BCUT2D eigenvalue weighted by Gasteiger charge is 2.22. The second-order valence-corrected chi connectivity index (χ2v) is 6.24. The topological polar surface area (TPSA) is 35.8 Å². The molecule has 0 unspecified atom stereocenters. The molecule has 22 heavy (non-hydrogen) atoms. The SMILES string of the molecule is CC1=CC(C)(C)Nc2ccc(-c3cc(C#N)ccc3F)cc21. The highest BCUT2D eigenvalue weighted by Crippen LogP contribution is 2.36. The summed E-state index contributed by atoms with van der Waals surface area (Å²) in [5.74, 6) is -0.315. The summed E-state index contributed by atoms with van der Waals surface area (Å²) in [6.45, 7) is 6.29. The van der Waals surface area contributed by atoms with Gasteiger partial charge in [-0.05, 0) is 62.2 Å². The van der Waals surface area contributed by atoms with Gasteiger partial charge in [0.15, 0.2) is 0 Å². The highest BCUT2D eigenvalue weighted by atomic mass is 19.1. The standard InChI is InChI=1S/C19H17FN2/c1-12-10-19(2,3)22-18-7-5-14(9-15(12)18)16-8-13(11-21)4-6-17(16)20/h4-10,22H,1-3H3. The maximum atomic E-state index is 14.1. The molecule has 0 radical (unpaired) electrons. The minimum atomic E-state index is -0.315. The van der Waals surface area contributed by atoms with Crippen molar-refractivity contribution < 1.29 is 4.39 Å². The van der Waals surface area contributed by atoms with Gasteiger partial charge in [-0.15, -0.1) is 0 Å². The summed E-state index contributed by atoms with van der Waals surface area (Å²) in [5, 5.41) is 12.5. The number of anilines is 1. The summed E-state index contributed by atoms with van der Waals surface area (Å²) < 4.78 is 14.1. The molecule has 0 saturated heterocycles. The molecule has 0 saturated carbocycles. The molecule has 1 aliphatic heterocycles. The molecular formula is C19H17FN2. The van der Waals surface area contributed by atoms with Crippen molar-refractivity contribution in [2.75, 3.05) is 5.32 Å². The van der Waals surface area contributed by atoms with E-state index in [0.717, 1.165) is 22.4 Å². The Morgan fingerprint density at radius 1 is 1.09 bits per heavy atom. The lowest BCUT2D eigenvalue weighted by atomic mass is 9.89. The number of allylic oxidation sites excluding steroid dienone is 1. The van der Waals surface area contributed by atoms with Crippen LogP contribution in [-0.2, 0) is 0 Å². The van der Waals surface area contributed by atoms with Crippen molar-refractivity contribution >= 4 is 11.3 Å². The molecule has 3 heteroatoms. The Labute approximate surface area is 129 Å². The van der Waals surface area contributed by atoms with Gasteiger partial charge in [0.05, 0.1) is 17.2 Å². The smallest absolute Gasteiger partial charge is 0.131 e. The number of halogens is 1. The van der Waals surface area contributed by atoms with Gasteiger partial charge in [-0.25, -0.2) is 4.39 Å². The Hall–Kier alpha value is -2.60. The maximum absolute atomic E-state index is 14.1. The van der Waals surface area contributed by atoms with E-state index in [1.54, 1.807) is 6.07 Å². The number of hydrogen-bond acceptors (Lipinski definition) is 2. The minimum Gasteiger partial charge on any atom is -0.376 e. The first-order valence-corrected chi connectivity index (χ1v) is 7.22. The number of rotatable bonds is 1. The van der Waals surface area contributed by atoms with Crippen LogP contribution in [0.4, 0.5) is 10.1 Å². The molecule has 3 rings (SSSR count). The van der Waals surface area contributed by atoms with Crippen LogP contribution in [0.3, 0.4) is 0 Å². The Kier molecular flexibility index (Phi) is 3.26. The van der Waals surface area contributed by atoms with Crippen molar-refractivity contribution in [3.63, 3.8) is 0 Å². The quantitative estimate of drug-likeness (QED) is 0.805. The molecule has 2 nitrogen and oxygen atoms in total. The second-order valence-electron chi connectivity index (χ2n) is 6.24. The molecule has 2 aromatic rings. The Morgan fingerprint density at radius 3 is 2.59 bits per heavy atom. The normalized spacial score (nSPS) is 15.3. The van der Waals surface area contributed by atoms with Gasteiger partial charge in [-0.3, -0.25) is 0 Å². The van der Waals surface area contributed by atoms with Crippen LogP contribution in [0.5, 0.6) is 0 Å². The molecule has 1 N–H and O–H groups in total. The predicted octanol–water partition coefficient (Wildman–Crippen LogP) is 4.97. The monoisotopic (exact) mass is 292 g/mol. The Balaban J connectivity index is 2.13. The van der Waals surface area contributed by atoms with E-state index in [9.17, 15) is 4.39 Å². The summed E-state index contributed by atoms with van der Waals surface area (Å²) in [6, 6.07) is 12.3. The molecule has 0 amide bonds. The molecule has 0 fully saturated rings. The number of nitrogens with one attached hydrogen (secondary N) is 1. The molecule has 0 aromatic heterocycles. The third-order valence-electron chi connectivity index (χ3n) is 3.89. The van der Waals surface area contributed by atoms with Crippen LogP contribution in [-0.4, -0.2) is 5.54 Å². The molecule has 1 aliphatic rings. The largest absolute Gasteiger partial charge is 0.376 e. The summed E-state index contributed by atoms with van der Waals surface area (Å²) >= 11 is 0. The van der Waals surface area contributed by atoms with Crippen molar-refractivity contribution in [2.45, 2.75) is 26.3 Å². The lowest BCUT2D eigenvalue weighted by molar-refractivity contribution is 0.631. The van der Waals surface area contributed by atoms with Crippen LogP contribution in [0, 0.1) is 17.1 Å². The highest BCUT2D eigenvalue weighted by molar-refractivity contribution is 5.84. The van der Waals surface area contributed by atoms with E-state index in [1.807, 2.05) is 18.2 Å². The third kappa shape index (κ3) is 2.48. The van der Waals surface area contributed by atoms with Gasteiger partial charge in [0.1, 0.15) is 5.82 Å². The average Bonchev–Trinajstić information content (AvgIpc) is 2.46. The van der Waals surface area contributed by atoms with Crippen LogP contribution >= 0.6 is 0 Å². The molecule has 0 aliphatic carbocycles. The van der Waals surface area contributed by atoms with Gasteiger partial charge < -0.3 is 5.32 Å². The summed E-state index contributed by atoms with van der Waals surface area (Å²) in [4.78, 5) is 0. The van der Waals surface area contributed by atoms with Crippen molar-refractivity contribution in [1.29, 1.82) is 5.26 Å². The van der Waals surface area contributed by atoms with Crippen molar-refractivity contribution in [2.24, 2.45) is 0 Å². The maximum Gasteiger partial charge on any atom is 0.131 e. The Bertz CT molecular complexity index is 826. The van der Waals surface area contributed by atoms with Crippen LogP contribution in [0.15, 0.2) is 42.5 Å². The van der Waals surface area contributed by atoms with Crippen LogP contribution in [0.25, 0.3) is 16.7 Å². The first-order chi connectivity index (χ1) is 10.4. The number of hydrogen-bond donors (Lipinski definition) is 1. The molecular weight excluding hydrogens is 275 g/mol. The second kappa shape index (κ2) is 4.99. The van der Waals surface area contributed by atoms with E-state index in [1.165, 1.54) is 12.1 Å². The molecule has 1 heterocycles. The van der Waals surface area contributed by atoms with Crippen LogP contribution in [0.1, 0.15) is 31.9 Å². The fraction of sp³-hybridized carbons (Fsp3) is 0.211.